The first-order chi connectivity index (χ1) is 19.1. The van der Waals surface area contributed by atoms with Crippen molar-refractivity contribution in [3.63, 3.8) is 0 Å². The van der Waals surface area contributed by atoms with Crippen LogP contribution in [0.4, 0.5) is 0 Å². The Labute approximate surface area is 225 Å². The van der Waals surface area contributed by atoms with Crippen molar-refractivity contribution >= 4 is 11.6 Å². The zero-order valence-corrected chi connectivity index (χ0v) is 21.5. The summed E-state index contributed by atoms with van der Waals surface area (Å²) in [5, 5.41) is 15.7. The summed E-state index contributed by atoms with van der Waals surface area (Å²) in [4.78, 5) is 12.2. The molecule has 0 radical (unpaired) electrons. The Morgan fingerprint density at radius 2 is 1.59 bits per heavy atom. The van der Waals surface area contributed by atoms with Crippen LogP contribution >= 0.6 is 0 Å². The molecule has 0 aliphatic rings. The third-order valence-corrected chi connectivity index (χ3v) is 5.89. The molecule has 5 aromatic rings. The molecule has 198 valence electrons. The number of aromatic nitrogens is 4. The number of carbonyl (C=O) groups is 1. The molecule has 10 heteroatoms. The number of benzene rings is 3. The third-order valence-electron chi connectivity index (χ3n) is 5.89. The van der Waals surface area contributed by atoms with Crippen LogP contribution in [0.5, 0.6) is 23.1 Å². The van der Waals surface area contributed by atoms with Gasteiger partial charge in [0, 0.05) is 6.07 Å². The Hall–Kier alpha value is -5.12. The number of hydrogen-bond donors (Lipinski definition) is 1. The lowest BCUT2D eigenvalue weighted by Gasteiger charge is -2.10. The number of nitrogens with one attached hydrogen (secondary N) is 1. The molecule has 2 aromatic heterocycles. The smallest absolute Gasteiger partial charge is 0.258 e. The molecule has 0 bridgehead atoms. The second kappa shape index (κ2) is 12.0. The van der Waals surface area contributed by atoms with E-state index < -0.39 is 0 Å². The fraction of sp³-hybridized carbons (Fsp3) is 0.172. The summed E-state index contributed by atoms with van der Waals surface area (Å²) in [5.41, 5.74) is 3.42. The van der Waals surface area contributed by atoms with E-state index in [1.165, 1.54) is 0 Å². The average molecular weight is 526 g/mol. The van der Waals surface area contributed by atoms with E-state index in [1.54, 1.807) is 49.1 Å². The monoisotopic (exact) mass is 525 g/mol. The van der Waals surface area contributed by atoms with Crippen molar-refractivity contribution in [1.29, 1.82) is 0 Å². The van der Waals surface area contributed by atoms with Crippen LogP contribution in [0.15, 0.2) is 84.9 Å². The second-order valence-electron chi connectivity index (χ2n) is 8.41. The first-order valence-electron chi connectivity index (χ1n) is 12.3. The Bertz CT molecular complexity index is 1550. The lowest BCUT2D eigenvalue weighted by Crippen LogP contribution is -2.32. The van der Waals surface area contributed by atoms with Crippen molar-refractivity contribution in [3.05, 3.63) is 84.9 Å². The minimum atomic E-state index is -0.250. The molecule has 0 spiro atoms. The number of carbonyl (C=O) groups excluding carboxylic acids is 1. The van der Waals surface area contributed by atoms with Crippen LogP contribution in [-0.4, -0.2) is 59.7 Å². The van der Waals surface area contributed by atoms with Crippen LogP contribution in [0.1, 0.15) is 0 Å². The van der Waals surface area contributed by atoms with Gasteiger partial charge >= 0.3 is 0 Å². The molecule has 0 unspecified atom stereocenters. The van der Waals surface area contributed by atoms with Crippen molar-refractivity contribution in [1.82, 2.24) is 25.1 Å². The van der Waals surface area contributed by atoms with Gasteiger partial charge in [-0.3, -0.25) is 4.79 Å². The van der Waals surface area contributed by atoms with E-state index >= 15 is 0 Å². The summed E-state index contributed by atoms with van der Waals surface area (Å²) in [6.07, 6.45) is 0. The van der Waals surface area contributed by atoms with E-state index in [0.717, 1.165) is 11.1 Å². The molecule has 0 aliphatic carbocycles. The van der Waals surface area contributed by atoms with Gasteiger partial charge in [-0.15, -0.1) is 15.3 Å². The number of methoxy groups -OCH3 is 2. The molecular weight excluding hydrogens is 498 g/mol. The molecule has 0 fully saturated rings. The summed E-state index contributed by atoms with van der Waals surface area (Å²) in [5.74, 6) is 2.47. The fourth-order valence-corrected chi connectivity index (χ4v) is 3.93. The molecule has 2 heterocycles. The number of nitrogens with zero attached hydrogens (tertiary/aromatic N) is 4. The van der Waals surface area contributed by atoms with Crippen LogP contribution in [-0.2, 0) is 4.79 Å². The summed E-state index contributed by atoms with van der Waals surface area (Å²) >= 11 is 0. The Balaban J connectivity index is 1.13. The standard InChI is InChI=1S/C29H27N5O5/c1-36-23-12-13-25(37-2)24(18-23)29-32-31-26-14-15-28(33-34(26)29)38-17-16-30-27(35)19-39-22-10-8-21(9-11-22)20-6-4-3-5-7-20/h3-15,18H,16-17,19H2,1-2H3,(H,30,35). The van der Waals surface area contributed by atoms with E-state index in [-0.39, 0.29) is 25.7 Å². The SMILES string of the molecule is COc1ccc(OC)c(-c2nnc3ccc(OCCNC(=O)COc4ccc(-c5ccccc5)cc4)nn23)c1. The maximum atomic E-state index is 12.2. The largest absolute Gasteiger partial charge is 0.497 e. The number of amides is 1. The van der Waals surface area contributed by atoms with E-state index in [1.807, 2.05) is 54.6 Å². The summed E-state index contributed by atoms with van der Waals surface area (Å²) in [6, 6.07) is 26.5. The Morgan fingerprint density at radius 3 is 2.36 bits per heavy atom. The van der Waals surface area contributed by atoms with Gasteiger partial charge in [-0.05, 0) is 47.5 Å². The fourth-order valence-electron chi connectivity index (χ4n) is 3.93. The number of hydrogen-bond acceptors (Lipinski definition) is 8. The molecule has 0 saturated carbocycles. The maximum Gasteiger partial charge on any atom is 0.258 e. The van der Waals surface area contributed by atoms with Gasteiger partial charge in [0.1, 0.15) is 23.9 Å². The lowest BCUT2D eigenvalue weighted by atomic mass is 10.1. The summed E-state index contributed by atoms with van der Waals surface area (Å²) in [6.45, 7) is 0.408. The third kappa shape index (κ3) is 6.07. The average Bonchev–Trinajstić information content (AvgIpc) is 3.42. The molecular formula is C29H27N5O5. The molecule has 3 aromatic carbocycles. The van der Waals surface area contributed by atoms with E-state index in [2.05, 4.69) is 20.6 Å². The highest BCUT2D eigenvalue weighted by Crippen LogP contribution is 2.32. The molecule has 5 rings (SSSR count). The van der Waals surface area contributed by atoms with E-state index in [0.29, 0.717) is 40.2 Å². The topological polar surface area (TPSA) is 109 Å². The molecule has 10 nitrogen and oxygen atoms in total. The molecule has 1 N–H and O–H groups in total. The van der Waals surface area contributed by atoms with Gasteiger partial charge in [0.15, 0.2) is 18.1 Å². The van der Waals surface area contributed by atoms with Gasteiger partial charge in [0.2, 0.25) is 5.88 Å². The van der Waals surface area contributed by atoms with Crippen LogP contribution in [0.2, 0.25) is 0 Å². The minimum Gasteiger partial charge on any atom is -0.497 e. The highest BCUT2D eigenvalue weighted by molar-refractivity contribution is 5.77. The predicted molar refractivity (Wildman–Crippen MR) is 145 cm³/mol. The van der Waals surface area contributed by atoms with E-state index in [4.69, 9.17) is 18.9 Å². The van der Waals surface area contributed by atoms with Gasteiger partial charge in [0.05, 0.1) is 26.3 Å². The van der Waals surface area contributed by atoms with Crippen LogP contribution in [0.3, 0.4) is 0 Å². The van der Waals surface area contributed by atoms with Crippen molar-refractivity contribution < 1.29 is 23.7 Å². The number of ether oxygens (including phenoxy) is 4. The van der Waals surface area contributed by atoms with Gasteiger partial charge in [0.25, 0.3) is 5.91 Å². The predicted octanol–water partition coefficient (Wildman–Crippen LogP) is 4.05. The molecule has 1 amide bonds. The zero-order valence-electron chi connectivity index (χ0n) is 21.5. The maximum absolute atomic E-state index is 12.2. The van der Waals surface area contributed by atoms with Gasteiger partial charge in [-0.1, -0.05) is 42.5 Å². The molecule has 0 atom stereocenters. The molecule has 0 saturated heterocycles. The highest BCUT2D eigenvalue weighted by Gasteiger charge is 2.16. The molecule has 0 aliphatic heterocycles. The summed E-state index contributed by atoms with van der Waals surface area (Å²) in [7, 11) is 3.17. The molecule has 39 heavy (non-hydrogen) atoms. The van der Waals surface area contributed by atoms with Crippen LogP contribution in [0, 0.1) is 0 Å². The van der Waals surface area contributed by atoms with Crippen molar-refractivity contribution in [2.75, 3.05) is 34.0 Å². The van der Waals surface area contributed by atoms with Crippen molar-refractivity contribution in [2.24, 2.45) is 0 Å². The van der Waals surface area contributed by atoms with E-state index in [9.17, 15) is 4.79 Å². The van der Waals surface area contributed by atoms with Crippen molar-refractivity contribution in [3.8, 4) is 45.6 Å². The first kappa shape index (κ1) is 25.5. The quantitative estimate of drug-likeness (QED) is 0.257. The zero-order chi connectivity index (χ0) is 27.0. The first-order valence-corrected chi connectivity index (χ1v) is 12.3. The van der Waals surface area contributed by atoms with Crippen LogP contribution in [0.25, 0.3) is 28.2 Å². The Kier molecular flexibility index (Phi) is 7.82. The van der Waals surface area contributed by atoms with Crippen LogP contribution < -0.4 is 24.3 Å². The van der Waals surface area contributed by atoms with Gasteiger partial charge < -0.3 is 24.3 Å². The summed E-state index contributed by atoms with van der Waals surface area (Å²) < 4.78 is 23.7. The number of fused-ring (bicyclic) bond motifs is 1. The second-order valence-corrected chi connectivity index (χ2v) is 8.41. The van der Waals surface area contributed by atoms with Crippen molar-refractivity contribution in [2.45, 2.75) is 0 Å². The van der Waals surface area contributed by atoms with Gasteiger partial charge in [-0.25, -0.2) is 0 Å². The Morgan fingerprint density at radius 1 is 0.821 bits per heavy atom. The lowest BCUT2D eigenvalue weighted by molar-refractivity contribution is -0.123. The highest BCUT2D eigenvalue weighted by atomic mass is 16.5. The normalized spacial score (nSPS) is 10.7. The number of rotatable bonds is 11. The van der Waals surface area contributed by atoms with Gasteiger partial charge in [-0.2, -0.15) is 4.52 Å². The minimum absolute atomic E-state index is 0.0959.